The van der Waals surface area contributed by atoms with E-state index in [2.05, 4.69) is 0 Å². The summed E-state index contributed by atoms with van der Waals surface area (Å²) in [6.45, 7) is -0.274. The van der Waals surface area contributed by atoms with Crippen LogP contribution in [-0.2, 0) is 11.3 Å². The fraction of sp³-hybridized carbons (Fsp3) is 0.111. The summed E-state index contributed by atoms with van der Waals surface area (Å²) in [6.07, 6.45) is 0. The van der Waals surface area contributed by atoms with Gasteiger partial charge in [-0.25, -0.2) is 18.4 Å². The van der Waals surface area contributed by atoms with Crippen LogP contribution in [0.25, 0.3) is 11.0 Å². The van der Waals surface area contributed by atoms with E-state index in [1.807, 2.05) is 0 Å². The number of hydrogen-bond donors (Lipinski definition) is 0. The molecule has 7 heteroatoms. The van der Waals surface area contributed by atoms with Crippen molar-refractivity contribution in [3.63, 3.8) is 0 Å². The molecule has 0 fully saturated rings. The molecule has 3 aromatic rings. The van der Waals surface area contributed by atoms with Crippen LogP contribution in [0.3, 0.4) is 0 Å². The Bertz CT molecular complexity index is 1010. The van der Waals surface area contributed by atoms with Gasteiger partial charge in [-0.2, -0.15) is 0 Å². The van der Waals surface area contributed by atoms with E-state index in [4.69, 9.17) is 13.9 Å². The van der Waals surface area contributed by atoms with Crippen molar-refractivity contribution in [3.05, 3.63) is 75.6 Å². The van der Waals surface area contributed by atoms with Crippen LogP contribution >= 0.6 is 0 Å². The van der Waals surface area contributed by atoms with Crippen molar-refractivity contribution in [2.24, 2.45) is 0 Å². The Labute approximate surface area is 140 Å². The predicted octanol–water partition coefficient (Wildman–Crippen LogP) is 3.44. The van der Waals surface area contributed by atoms with Gasteiger partial charge in [0.2, 0.25) is 0 Å². The molecular formula is C18H12F2O5. The van der Waals surface area contributed by atoms with Crippen molar-refractivity contribution >= 4 is 16.9 Å². The minimum Gasteiger partial charge on any atom is -0.497 e. The number of hydrogen-bond acceptors (Lipinski definition) is 5. The van der Waals surface area contributed by atoms with Gasteiger partial charge in [-0.15, -0.1) is 0 Å². The highest BCUT2D eigenvalue weighted by Gasteiger charge is 2.15. The summed E-state index contributed by atoms with van der Waals surface area (Å²) in [5, 5.41) is 0.549. The minimum absolute atomic E-state index is 0.269. The highest BCUT2D eigenvalue weighted by molar-refractivity contribution is 5.90. The van der Waals surface area contributed by atoms with Crippen LogP contribution in [0.15, 0.2) is 51.7 Å². The Kier molecular flexibility index (Phi) is 4.47. The number of rotatable bonds is 4. The molecule has 0 bridgehead atoms. The van der Waals surface area contributed by atoms with Gasteiger partial charge in [0.15, 0.2) is 0 Å². The second-order valence-electron chi connectivity index (χ2n) is 5.15. The summed E-state index contributed by atoms with van der Waals surface area (Å²) < 4.78 is 41.7. The smallest absolute Gasteiger partial charge is 0.341 e. The summed E-state index contributed by atoms with van der Waals surface area (Å²) in [7, 11) is 1.47. The molecule has 3 rings (SSSR count). The first-order valence-corrected chi connectivity index (χ1v) is 7.21. The van der Waals surface area contributed by atoms with Gasteiger partial charge in [0, 0.05) is 29.1 Å². The molecule has 0 atom stereocenters. The molecule has 0 saturated heterocycles. The molecule has 0 N–H and O–H groups in total. The number of carbonyl (C=O) groups excluding carboxylic acids is 1. The van der Waals surface area contributed by atoms with Gasteiger partial charge in [-0.05, 0) is 24.3 Å². The van der Waals surface area contributed by atoms with E-state index in [0.717, 1.165) is 12.1 Å². The van der Waals surface area contributed by atoms with E-state index < -0.39 is 28.8 Å². The molecule has 0 saturated carbocycles. The maximum atomic E-state index is 13.6. The number of fused-ring (bicyclic) bond motifs is 1. The summed E-state index contributed by atoms with van der Waals surface area (Å²) in [6, 6.07) is 8.57. The van der Waals surface area contributed by atoms with E-state index in [1.54, 1.807) is 12.1 Å². The van der Waals surface area contributed by atoms with Crippen molar-refractivity contribution < 1.29 is 27.5 Å². The average molecular weight is 346 g/mol. The normalized spacial score (nSPS) is 10.7. The Morgan fingerprint density at radius 1 is 1.12 bits per heavy atom. The maximum Gasteiger partial charge on any atom is 0.341 e. The third-order valence-electron chi connectivity index (χ3n) is 3.55. The maximum absolute atomic E-state index is 13.6. The molecule has 0 aliphatic heterocycles. The molecule has 128 valence electrons. The first-order chi connectivity index (χ1) is 12.0. The molecule has 0 unspecified atom stereocenters. The van der Waals surface area contributed by atoms with Crippen LogP contribution in [0.5, 0.6) is 5.75 Å². The Balaban J connectivity index is 1.88. The van der Waals surface area contributed by atoms with E-state index in [0.29, 0.717) is 22.8 Å². The van der Waals surface area contributed by atoms with Gasteiger partial charge in [0.05, 0.1) is 12.7 Å². The average Bonchev–Trinajstić information content (AvgIpc) is 2.58. The lowest BCUT2D eigenvalue weighted by Gasteiger charge is -2.08. The molecule has 5 nitrogen and oxygen atoms in total. The molecule has 25 heavy (non-hydrogen) atoms. The van der Waals surface area contributed by atoms with Gasteiger partial charge in [-0.3, -0.25) is 0 Å². The quantitative estimate of drug-likeness (QED) is 0.535. The Morgan fingerprint density at radius 2 is 1.92 bits per heavy atom. The van der Waals surface area contributed by atoms with Crippen molar-refractivity contribution in [1.82, 2.24) is 0 Å². The van der Waals surface area contributed by atoms with E-state index in [9.17, 15) is 18.4 Å². The van der Waals surface area contributed by atoms with E-state index >= 15 is 0 Å². The first-order valence-electron chi connectivity index (χ1n) is 7.21. The number of methoxy groups -OCH3 is 1. The monoisotopic (exact) mass is 346 g/mol. The molecular weight excluding hydrogens is 334 g/mol. The SMILES string of the molecule is COc1ccc2c(COC(=O)c3ccc(F)cc3F)cc(=O)oc2c1. The molecule has 2 aromatic carbocycles. The lowest BCUT2D eigenvalue weighted by atomic mass is 10.1. The van der Waals surface area contributed by atoms with Crippen LogP contribution in [0.2, 0.25) is 0 Å². The largest absolute Gasteiger partial charge is 0.497 e. The van der Waals surface area contributed by atoms with Gasteiger partial charge >= 0.3 is 11.6 Å². The van der Waals surface area contributed by atoms with Crippen LogP contribution in [0.4, 0.5) is 8.78 Å². The van der Waals surface area contributed by atoms with Crippen molar-refractivity contribution in [2.45, 2.75) is 6.61 Å². The third-order valence-corrected chi connectivity index (χ3v) is 3.55. The Morgan fingerprint density at radius 3 is 2.64 bits per heavy atom. The standard InChI is InChI=1S/C18H12F2O5/c1-23-12-3-5-13-10(6-17(21)25-16(13)8-12)9-24-18(22)14-4-2-11(19)7-15(14)20/h2-8H,9H2,1H3. The second kappa shape index (κ2) is 6.72. The zero-order valence-electron chi connectivity index (χ0n) is 13.0. The number of carbonyl (C=O) groups is 1. The number of ether oxygens (including phenoxy) is 2. The van der Waals surface area contributed by atoms with Crippen molar-refractivity contribution in [1.29, 1.82) is 0 Å². The summed E-state index contributed by atoms with van der Waals surface area (Å²) in [5.41, 5.74) is -0.356. The lowest BCUT2D eigenvalue weighted by molar-refractivity contribution is 0.0468. The van der Waals surface area contributed by atoms with Gasteiger partial charge in [-0.1, -0.05) is 0 Å². The Hall–Kier alpha value is -3.22. The molecule has 0 radical (unpaired) electrons. The van der Waals surface area contributed by atoms with E-state index in [1.165, 1.54) is 19.2 Å². The summed E-state index contributed by atoms with van der Waals surface area (Å²) >= 11 is 0. The van der Waals surface area contributed by atoms with Crippen LogP contribution in [-0.4, -0.2) is 13.1 Å². The van der Waals surface area contributed by atoms with Gasteiger partial charge in [0.1, 0.15) is 29.6 Å². The number of esters is 1. The molecule has 0 aliphatic rings. The van der Waals surface area contributed by atoms with Crippen molar-refractivity contribution in [3.8, 4) is 5.75 Å². The van der Waals surface area contributed by atoms with Crippen LogP contribution < -0.4 is 10.4 Å². The number of benzene rings is 2. The zero-order chi connectivity index (χ0) is 18.0. The summed E-state index contributed by atoms with van der Waals surface area (Å²) in [4.78, 5) is 23.6. The number of halogens is 2. The highest BCUT2D eigenvalue weighted by atomic mass is 19.1. The molecule has 0 spiro atoms. The van der Waals surface area contributed by atoms with Crippen LogP contribution in [0.1, 0.15) is 15.9 Å². The topological polar surface area (TPSA) is 65.7 Å². The molecule has 1 heterocycles. The van der Waals surface area contributed by atoms with E-state index in [-0.39, 0.29) is 12.2 Å². The minimum atomic E-state index is -1.02. The third kappa shape index (κ3) is 3.50. The molecule has 1 aromatic heterocycles. The summed E-state index contributed by atoms with van der Waals surface area (Å²) in [5.74, 6) is -2.28. The molecule has 0 aliphatic carbocycles. The van der Waals surface area contributed by atoms with Gasteiger partial charge in [0.25, 0.3) is 0 Å². The lowest BCUT2D eigenvalue weighted by Crippen LogP contribution is -2.09. The van der Waals surface area contributed by atoms with Crippen LogP contribution in [0, 0.1) is 11.6 Å². The zero-order valence-corrected chi connectivity index (χ0v) is 13.0. The van der Waals surface area contributed by atoms with Gasteiger partial charge < -0.3 is 13.9 Å². The second-order valence-corrected chi connectivity index (χ2v) is 5.15. The molecule has 0 amide bonds. The fourth-order valence-corrected chi connectivity index (χ4v) is 2.33. The highest BCUT2D eigenvalue weighted by Crippen LogP contribution is 2.23. The first kappa shape index (κ1) is 16.6. The van der Waals surface area contributed by atoms with Crippen molar-refractivity contribution in [2.75, 3.05) is 7.11 Å². The predicted molar refractivity (Wildman–Crippen MR) is 84.5 cm³/mol. The fourth-order valence-electron chi connectivity index (χ4n) is 2.33.